The quantitative estimate of drug-likeness (QED) is 0.841. The third-order valence-corrected chi connectivity index (χ3v) is 3.06. The smallest absolute Gasteiger partial charge is 0.416 e. The maximum atomic E-state index is 12.4. The van der Waals surface area contributed by atoms with Crippen LogP contribution in [0.4, 0.5) is 13.2 Å². The molecular formula is C14H18F3NO2. The van der Waals surface area contributed by atoms with Crippen molar-refractivity contribution in [2.75, 3.05) is 0 Å². The summed E-state index contributed by atoms with van der Waals surface area (Å²) in [4.78, 5) is 11.0. The summed E-state index contributed by atoms with van der Waals surface area (Å²) in [6, 6.07) is 3.71. The van der Waals surface area contributed by atoms with E-state index >= 15 is 0 Å². The maximum Gasteiger partial charge on any atom is 0.416 e. The van der Waals surface area contributed by atoms with Gasteiger partial charge in [-0.3, -0.25) is 10.1 Å². The van der Waals surface area contributed by atoms with Crippen LogP contribution in [-0.2, 0) is 11.0 Å². The van der Waals surface area contributed by atoms with Crippen molar-refractivity contribution in [1.29, 1.82) is 0 Å². The zero-order valence-electron chi connectivity index (χ0n) is 11.4. The number of rotatable bonds is 6. The van der Waals surface area contributed by atoms with Crippen LogP contribution in [0.25, 0.3) is 0 Å². The van der Waals surface area contributed by atoms with Crippen LogP contribution in [0.3, 0.4) is 0 Å². The van der Waals surface area contributed by atoms with Gasteiger partial charge in [0.2, 0.25) is 0 Å². The molecule has 0 radical (unpaired) electrons. The van der Waals surface area contributed by atoms with Gasteiger partial charge in [0.15, 0.2) is 0 Å². The molecule has 0 saturated heterocycles. The number of benzene rings is 1. The molecule has 20 heavy (non-hydrogen) atoms. The molecule has 0 saturated carbocycles. The van der Waals surface area contributed by atoms with Gasteiger partial charge in [0, 0.05) is 6.04 Å². The molecule has 0 amide bonds. The summed E-state index contributed by atoms with van der Waals surface area (Å²) in [6.07, 6.45) is -3.18. The van der Waals surface area contributed by atoms with Gasteiger partial charge in [0.05, 0.1) is 5.56 Å². The van der Waals surface area contributed by atoms with E-state index in [1.165, 1.54) is 12.1 Å². The maximum absolute atomic E-state index is 12.4. The Morgan fingerprint density at radius 3 is 2.25 bits per heavy atom. The Bertz CT molecular complexity index is 443. The first-order chi connectivity index (χ1) is 9.25. The predicted molar refractivity (Wildman–Crippen MR) is 69.3 cm³/mol. The summed E-state index contributed by atoms with van der Waals surface area (Å²) in [5, 5.41) is 12.0. The van der Waals surface area contributed by atoms with E-state index in [1.807, 2.05) is 6.92 Å². The molecule has 2 atom stereocenters. The van der Waals surface area contributed by atoms with Gasteiger partial charge in [-0.1, -0.05) is 25.5 Å². The predicted octanol–water partition coefficient (Wildman–Crippen LogP) is 3.61. The molecule has 112 valence electrons. The van der Waals surface area contributed by atoms with Crippen molar-refractivity contribution in [2.45, 2.75) is 44.9 Å². The van der Waals surface area contributed by atoms with E-state index in [0.29, 0.717) is 18.4 Å². The number of carboxylic acids is 1. The van der Waals surface area contributed by atoms with Crippen LogP contribution in [0.15, 0.2) is 24.3 Å². The highest BCUT2D eigenvalue weighted by Gasteiger charge is 2.30. The normalized spacial score (nSPS) is 14.8. The second-order valence-corrected chi connectivity index (χ2v) is 4.69. The average molecular weight is 289 g/mol. The molecule has 0 aromatic heterocycles. The summed E-state index contributed by atoms with van der Waals surface area (Å²) in [6.45, 7) is 3.61. The first-order valence-electron chi connectivity index (χ1n) is 6.41. The molecule has 0 bridgehead atoms. The second-order valence-electron chi connectivity index (χ2n) is 4.69. The summed E-state index contributed by atoms with van der Waals surface area (Å²) in [7, 11) is 0. The Balaban J connectivity index is 2.77. The molecule has 0 aliphatic rings. The molecule has 0 heterocycles. The highest BCUT2D eigenvalue weighted by molar-refractivity contribution is 5.73. The van der Waals surface area contributed by atoms with E-state index in [0.717, 1.165) is 12.1 Å². The fourth-order valence-electron chi connectivity index (χ4n) is 1.93. The van der Waals surface area contributed by atoms with Crippen LogP contribution < -0.4 is 5.32 Å². The van der Waals surface area contributed by atoms with Crippen molar-refractivity contribution in [1.82, 2.24) is 5.32 Å². The topological polar surface area (TPSA) is 49.3 Å². The van der Waals surface area contributed by atoms with Gasteiger partial charge < -0.3 is 5.11 Å². The van der Waals surface area contributed by atoms with Gasteiger partial charge in [0.25, 0.3) is 0 Å². The van der Waals surface area contributed by atoms with Crippen molar-refractivity contribution < 1.29 is 23.1 Å². The standard InChI is InChI=1S/C14H18F3NO2/c1-3-4-12(13(19)20)18-9(2)10-5-7-11(8-6-10)14(15,16)17/h5-9,12,18H,3-4H2,1-2H3,(H,19,20). The van der Waals surface area contributed by atoms with Crippen LogP contribution in [0.5, 0.6) is 0 Å². The molecule has 0 aliphatic heterocycles. The zero-order chi connectivity index (χ0) is 15.3. The largest absolute Gasteiger partial charge is 0.480 e. The van der Waals surface area contributed by atoms with E-state index in [9.17, 15) is 18.0 Å². The lowest BCUT2D eigenvalue weighted by atomic mass is 10.0. The molecule has 1 aromatic rings. The Labute approximate surface area is 115 Å². The summed E-state index contributed by atoms with van der Waals surface area (Å²) in [5.74, 6) is -0.953. The number of halogens is 3. The fraction of sp³-hybridized carbons (Fsp3) is 0.500. The Morgan fingerprint density at radius 1 is 1.30 bits per heavy atom. The minimum absolute atomic E-state index is 0.329. The van der Waals surface area contributed by atoms with Gasteiger partial charge in [-0.15, -0.1) is 0 Å². The Morgan fingerprint density at radius 2 is 1.85 bits per heavy atom. The van der Waals surface area contributed by atoms with Gasteiger partial charge in [-0.05, 0) is 31.0 Å². The Kier molecular flexibility index (Phi) is 5.56. The number of carboxylic acid groups (broad SMARTS) is 1. The molecule has 3 nitrogen and oxygen atoms in total. The monoisotopic (exact) mass is 289 g/mol. The minimum Gasteiger partial charge on any atom is -0.480 e. The van der Waals surface area contributed by atoms with Gasteiger partial charge in [-0.25, -0.2) is 0 Å². The molecule has 1 rings (SSSR count). The van der Waals surface area contributed by atoms with E-state index in [-0.39, 0.29) is 6.04 Å². The number of alkyl halides is 3. The molecular weight excluding hydrogens is 271 g/mol. The third kappa shape index (κ3) is 4.52. The number of hydrogen-bond acceptors (Lipinski definition) is 2. The van der Waals surface area contributed by atoms with Crippen molar-refractivity contribution >= 4 is 5.97 Å². The number of aliphatic carboxylic acids is 1. The zero-order valence-corrected chi connectivity index (χ0v) is 11.4. The van der Waals surface area contributed by atoms with Gasteiger partial charge >= 0.3 is 12.1 Å². The van der Waals surface area contributed by atoms with Crippen LogP contribution in [0.2, 0.25) is 0 Å². The summed E-state index contributed by atoms with van der Waals surface area (Å²) >= 11 is 0. The van der Waals surface area contributed by atoms with Crippen LogP contribution in [-0.4, -0.2) is 17.1 Å². The van der Waals surface area contributed by atoms with E-state index in [4.69, 9.17) is 5.11 Å². The number of nitrogens with one attached hydrogen (secondary N) is 1. The summed E-state index contributed by atoms with van der Waals surface area (Å²) in [5.41, 5.74) is -0.0860. The Hall–Kier alpha value is -1.56. The van der Waals surface area contributed by atoms with E-state index in [2.05, 4.69) is 5.32 Å². The summed E-state index contributed by atoms with van der Waals surface area (Å²) < 4.78 is 37.3. The lowest BCUT2D eigenvalue weighted by molar-refractivity contribution is -0.140. The SMILES string of the molecule is CCCC(NC(C)c1ccc(C(F)(F)F)cc1)C(=O)O. The number of carbonyl (C=O) groups is 1. The third-order valence-electron chi connectivity index (χ3n) is 3.06. The average Bonchev–Trinajstić information content (AvgIpc) is 2.37. The van der Waals surface area contributed by atoms with Crippen molar-refractivity contribution in [2.24, 2.45) is 0 Å². The molecule has 0 fully saturated rings. The highest BCUT2D eigenvalue weighted by Crippen LogP contribution is 2.29. The molecule has 2 N–H and O–H groups in total. The van der Waals surface area contributed by atoms with Gasteiger partial charge in [0.1, 0.15) is 6.04 Å². The molecule has 0 aliphatic carbocycles. The van der Waals surface area contributed by atoms with Crippen molar-refractivity contribution in [3.05, 3.63) is 35.4 Å². The lowest BCUT2D eigenvalue weighted by Crippen LogP contribution is -2.38. The molecule has 1 aromatic carbocycles. The molecule has 2 unspecified atom stereocenters. The minimum atomic E-state index is -4.36. The van der Waals surface area contributed by atoms with E-state index < -0.39 is 23.8 Å². The fourth-order valence-corrected chi connectivity index (χ4v) is 1.93. The van der Waals surface area contributed by atoms with Gasteiger partial charge in [-0.2, -0.15) is 13.2 Å². The van der Waals surface area contributed by atoms with Crippen LogP contribution in [0.1, 0.15) is 43.9 Å². The lowest BCUT2D eigenvalue weighted by Gasteiger charge is -2.20. The van der Waals surface area contributed by atoms with Crippen LogP contribution in [0, 0.1) is 0 Å². The van der Waals surface area contributed by atoms with E-state index in [1.54, 1.807) is 6.92 Å². The second kappa shape index (κ2) is 6.74. The van der Waals surface area contributed by atoms with Crippen molar-refractivity contribution in [3.8, 4) is 0 Å². The first-order valence-corrected chi connectivity index (χ1v) is 6.41. The number of hydrogen-bond donors (Lipinski definition) is 2. The molecule has 0 spiro atoms. The van der Waals surface area contributed by atoms with Crippen molar-refractivity contribution in [3.63, 3.8) is 0 Å². The first kappa shape index (κ1) is 16.5. The van der Waals surface area contributed by atoms with Crippen LogP contribution >= 0.6 is 0 Å². The highest BCUT2D eigenvalue weighted by atomic mass is 19.4. The molecule has 6 heteroatoms.